The van der Waals surface area contributed by atoms with Crippen LogP contribution in [0.25, 0.3) is 0 Å². The van der Waals surface area contributed by atoms with Crippen molar-refractivity contribution in [2.45, 2.75) is 39.0 Å². The minimum absolute atomic E-state index is 0.805. The molecule has 5 heteroatoms. The summed E-state index contributed by atoms with van der Waals surface area (Å²) in [6.45, 7) is 6.44. The highest BCUT2D eigenvalue weighted by Gasteiger charge is 1.96. The fourth-order valence-electron chi connectivity index (χ4n) is 1.66. The molecule has 0 heterocycles. The van der Waals surface area contributed by atoms with Crippen LogP contribution in [0.2, 0.25) is 0 Å². The fraction of sp³-hybridized carbons (Fsp3) is 0.929. The summed E-state index contributed by atoms with van der Waals surface area (Å²) in [5.74, 6) is 0.892. The molecule has 0 rings (SSSR count). The monoisotopic (exact) mass is 273 g/mol. The van der Waals surface area contributed by atoms with E-state index in [0.717, 1.165) is 64.6 Å². The average molecular weight is 273 g/mol. The molecule has 0 unspecified atom stereocenters. The molecule has 0 aliphatic heterocycles. The summed E-state index contributed by atoms with van der Waals surface area (Å²) in [6, 6.07) is 0. The van der Waals surface area contributed by atoms with Crippen molar-refractivity contribution < 1.29 is 9.47 Å². The molecular weight excluding hydrogens is 242 g/mol. The van der Waals surface area contributed by atoms with Crippen LogP contribution >= 0.6 is 0 Å². The molecule has 0 radical (unpaired) electrons. The van der Waals surface area contributed by atoms with Gasteiger partial charge in [0.05, 0.1) is 0 Å². The van der Waals surface area contributed by atoms with Gasteiger partial charge in [0.25, 0.3) is 0 Å². The number of aliphatic imine (C=N–C) groups is 1. The van der Waals surface area contributed by atoms with Crippen molar-refractivity contribution in [1.29, 1.82) is 0 Å². The van der Waals surface area contributed by atoms with E-state index in [1.807, 2.05) is 6.92 Å². The van der Waals surface area contributed by atoms with Crippen molar-refractivity contribution in [1.82, 2.24) is 10.6 Å². The molecule has 0 spiro atoms. The van der Waals surface area contributed by atoms with Crippen molar-refractivity contribution in [3.63, 3.8) is 0 Å². The SMILES string of the molecule is CCOCCCCNC(=NC)NCCCCCOC. The maximum Gasteiger partial charge on any atom is 0.190 e. The molecule has 2 N–H and O–H groups in total. The Morgan fingerprint density at radius 1 is 0.947 bits per heavy atom. The maximum atomic E-state index is 5.29. The number of ether oxygens (including phenoxy) is 2. The summed E-state index contributed by atoms with van der Waals surface area (Å²) in [5, 5.41) is 6.62. The van der Waals surface area contributed by atoms with Gasteiger partial charge in [-0.3, -0.25) is 4.99 Å². The van der Waals surface area contributed by atoms with Gasteiger partial charge in [-0.2, -0.15) is 0 Å². The minimum atomic E-state index is 0.805. The third kappa shape index (κ3) is 13.4. The lowest BCUT2D eigenvalue weighted by atomic mass is 10.2. The topological polar surface area (TPSA) is 54.9 Å². The van der Waals surface area contributed by atoms with Crippen molar-refractivity contribution in [2.24, 2.45) is 4.99 Å². The molecule has 0 fully saturated rings. The first kappa shape index (κ1) is 18.2. The Morgan fingerprint density at radius 2 is 1.58 bits per heavy atom. The van der Waals surface area contributed by atoms with E-state index in [1.165, 1.54) is 6.42 Å². The normalized spacial score (nSPS) is 11.6. The van der Waals surface area contributed by atoms with Crippen molar-refractivity contribution in [3.05, 3.63) is 0 Å². The van der Waals surface area contributed by atoms with E-state index in [1.54, 1.807) is 14.2 Å². The van der Waals surface area contributed by atoms with Gasteiger partial charge in [0.2, 0.25) is 0 Å². The quantitative estimate of drug-likeness (QED) is 0.323. The zero-order valence-corrected chi connectivity index (χ0v) is 12.8. The van der Waals surface area contributed by atoms with Gasteiger partial charge in [-0.25, -0.2) is 0 Å². The number of nitrogens with one attached hydrogen (secondary N) is 2. The van der Waals surface area contributed by atoms with Crippen LogP contribution in [-0.2, 0) is 9.47 Å². The highest BCUT2D eigenvalue weighted by molar-refractivity contribution is 5.79. The Balaban J connectivity index is 3.36. The summed E-state index contributed by atoms with van der Waals surface area (Å²) in [7, 11) is 3.55. The molecule has 19 heavy (non-hydrogen) atoms. The fourth-order valence-corrected chi connectivity index (χ4v) is 1.66. The molecule has 0 atom stereocenters. The molecular formula is C14H31N3O2. The van der Waals surface area contributed by atoms with E-state index in [0.29, 0.717) is 0 Å². The first-order chi connectivity index (χ1) is 9.35. The number of hydrogen-bond acceptors (Lipinski definition) is 3. The summed E-state index contributed by atoms with van der Waals surface area (Å²) in [5.41, 5.74) is 0. The molecule has 0 aliphatic carbocycles. The predicted molar refractivity (Wildman–Crippen MR) is 80.8 cm³/mol. The predicted octanol–water partition coefficient (Wildman–Crippen LogP) is 1.78. The van der Waals surface area contributed by atoms with Gasteiger partial charge in [0.1, 0.15) is 0 Å². The van der Waals surface area contributed by atoms with E-state index in [4.69, 9.17) is 9.47 Å². The van der Waals surface area contributed by atoms with Crippen LogP contribution in [0.1, 0.15) is 39.0 Å². The second kappa shape index (κ2) is 15.2. The number of unbranched alkanes of at least 4 members (excludes halogenated alkanes) is 3. The lowest BCUT2D eigenvalue weighted by Gasteiger charge is -2.11. The van der Waals surface area contributed by atoms with Gasteiger partial charge >= 0.3 is 0 Å². The molecule has 0 amide bonds. The van der Waals surface area contributed by atoms with Crippen LogP contribution in [-0.4, -0.2) is 53.0 Å². The van der Waals surface area contributed by atoms with E-state index in [-0.39, 0.29) is 0 Å². The molecule has 5 nitrogen and oxygen atoms in total. The zero-order chi connectivity index (χ0) is 14.2. The molecule has 0 saturated heterocycles. The highest BCUT2D eigenvalue weighted by Crippen LogP contribution is 1.93. The molecule has 0 aliphatic rings. The van der Waals surface area contributed by atoms with Crippen LogP contribution in [0.3, 0.4) is 0 Å². The van der Waals surface area contributed by atoms with Crippen LogP contribution < -0.4 is 10.6 Å². The molecule has 0 saturated carbocycles. The lowest BCUT2D eigenvalue weighted by molar-refractivity contribution is 0.143. The molecule has 0 aromatic rings. The molecule has 0 aromatic carbocycles. The number of methoxy groups -OCH3 is 1. The van der Waals surface area contributed by atoms with Gasteiger partial charge in [-0.1, -0.05) is 0 Å². The third-order valence-electron chi connectivity index (χ3n) is 2.75. The maximum absolute atomic E-state index is 5.29. The van der Waals surface area contributed by atoms with E-state index < -0.39 is 0 Å². The van der Waals surface area contributed by atoms with Gasteiger partial charge in [-0.05, 0) is 39.0 Å². The highest BCUT2D eigenvalue weighted by atomic mass is 16.5. The zero-order valence-electron chi connectivity index (χ0n) is 12.8. The van der Waals surface area contributed by atoms with Gasteiger partial charge in [-0.15, -0.1) is 0 Å². The lowest BCUT2D eigenvalue weighted by Crippen LogP contribution is -2.38. The Morgan fingerprint density at radius 3 is 2.16 bits per heavy atom. The van der Waals surface area contributed by atoms with Crippen molar-refractivity contribution >= 4 is 5.96 Å². The van der Waals surface area contributed by atoms with Crippen molar-refractivity contribution in [3.8, 4) is 0 Å². The smallest absolute Gasteiger partial charge is 0.190 e. The second-order valence-corrected chi connectivity index (χ2v) is 4.38. The van der Waals surface area contributed by atoms with Gasteiger partial charge in [0, 0.05) is 47.1 Å². The van der Waals surface area contributed by atoms with Crippen LogP contribution in [0.5, 0.6) is 0 Å². The van der Waals surface area contributed by atoms with E-state index in [2.05, 4.69) is 15.6 Å². The molecule has 114 valence electrons. The van der Waals surface area contributed by atoms with Crippen LogP contribution in [0.15, 0.2) is 4.99 Å². The first-order valence-electron chi connectivity index (χ1n) is 7.36. The third-order valence-corrected chi connectivity index (χ3v) is 2.75. The summed E-state index contributed by atoms with van der Waals surface area (Å²) >= 11 is 0. The molecule has 0 aromatic heterocycles. The van der Waals surface area contributed by atoms with E-state index >= 15 is 0 Å². The van der Waals surface area contributed by atoms with Gasteiger partial charge < -0.3 is 20.1 Å². The van der Waals surface area contributed by atoms with E-state index in [9.17, 15) is 0 Å². The summed E-state index contributed by atoms with van der Waals surface area (Å²) < 4.78 is 10.3. The Hall–Kier alpha value is -0.810. The largest absolute Gasteiger partial charge is 0.385 e. The number of nitrogens with zero attached hydrogens (tertiary/aromatic N) is 1. The first-order valence-corrected chi connectivity index (χ1v) is 7.36. The minimum Gasteiger partial charge on any atom is -0.385 e. The summed E-state index contributed by atoms with van der Waals surface area (Å²) in [6.07, 6.45) is 5.66. The second-order valence-electron chi connectivity index (χ2n) is 4.38. The van der Waals surface area contributed by atoms with Crippen molar-refractivity contribution in [2.75, 3.05) is 47.1 Å². The number of rotatable bonds is 12. The Bertz CT molecular complexity index is 193. The number of hydrogen-bond donors (Lipinski definition) is 2. The Labute approximate surface area is 118 Å². The summed E-state index contributed by atoms with van der Waals surface area (Å²) in [4.78, 5) is 4.19. The van der Waals surface area contributed by atoms with Crippen LogP contribution in [0.4, 0.5) is 0 Å². The Kier molecular flexibility index (Phi) is 14.6. The number of guanidine groups is 1. The standard InChI is InChI=1S/C14H31N3O2/c1-4-19-13-9-7-11-17-14(15-2)16-10-6-5-8-12-18-3/h4-13H2,1-3H3,(H2,15,16,17). The molecule has 0 bridgehead atoms. The average Bonchev–Trinajstić information content (AvgIpc) is 2.44. The van der Waals surface area contributed by atoms with Crippen LogP contribution in [0, 0.1) is 0 Å². The van der Waals surface area contributed by atoms with Gasteiger partial charge in [0.15, 0.2) is 5.96 Å².